The molecule has 0 bridgehead atoms. The number of anilines is 1. The van der Waals surface area contributed by atoms with Crippen molar-refractivity contribution in [3.05, 3.63) is 58.6 Å². The number of benzene rings is 2. The molecule has 1 aromatic heterocycles. The molecule has 0 N–H and O–H groups in total. The zero-order valence-electron chi connectivity index (χ0n) is 16.0. The highest BCUT2D eigenvalue weighted by Gasteiger charge is 2.30. The lowest BCUT2D eigenvalue weighted by Crippen LogP contribution is -2.40. The number of aromatic nitrogens is 2. The molecule has 1 aliphatic rings. The van der Waals surface area contributed by atoms with Crippen molar-refractivity contribution in [1.29, 1.82) is 0 Å². The van der Waals surface area contributed by atoms with E-state index in [0.29, 0.717) is 22.4 Å². The van der Waals surface area contributed by atoms with Gasteiger partial charge in [0.15, 0.2) is 11.5 Å². The molecule has 2 heterocycles. The van der Waals surface area contributed by atoms with Gasteiger partial charge in [-0.05, 0) is 31.0 Å². The van der Waals surface area contributed by atoms with Crippen LogP contribution in [0.1, 0.15) is 12.5 Å². The molecule has 4 rings (SSSR count). The average Bonchev–Trinajstić information content (AvgIpc) is 3.05. The van der Waals surface area contributed by atoms with Crippen molar-refractivity contribution >= 4 is 22.5 Å². The third-order valence-electron chi connectivity index (χ3n) is 5.11. The standard InChI is InChI=1S/C21H21N3O4/c1-13-8-14-6-4-5-7-17(14)24(13)20(25)11-23-12-22-16-10-19(28-3)18(27-2)9-15(16)21(23)26/h4-7,9-10,12-13H,8,11H2,1-3H3/t13-/m0/s1. The highest BCUT2D eigenvalue weighted by molar-refractivity contribution is 5.96. The Labute approximate surface area is 162 Å². The van der Waals surface area contributed by atoms with Gasteiger partial charge in [0.2, 0.25) is 5.91 Å². The Bertz CT molecular complexity index is 1120. The van der Waals surface area contributed by atoms with Crippen molar-refractivity contribution in [2.75, 3.05) is 19.1 Å². The first-order valence-electron chi connectivity index (χ1n) is 9.04. The van der Waals surface area contributed by atoms with Gasteiger partial charge in [0.05, 0.1) is 31.4 Å². The number of amides is 1. The summed E-state index contributed by atoms with van der Waals surface area (Å²) in [6, 6.07) is 11.2. The molecule has 1 amide bonds. The van der Waals surface area contributed by atoms with Gasteiger partial charge in [0, 0.05) is 17.8 Å². The predicted molar refractivity (Wildman–Crippen MR) is 106 cm³/mol. The Balaban J connectivity index is 1.69. The Morgan fingerprint density at radius 1 is 1.18 bits per heavy atom. The summed E-state index contributed by atoms with van der Waals surface area (Å²) in [4.78, 5) is 32.0. The number of rotatable bonds is 4. The predicted octanol–water partition coefficient (Wildman–Crippen LogP) is 2.39. The van der Waals surface area contributed by atoms with E-state index in [4.69, 9.17) is 9.47 Å². The summed E-state index contributed by atoms with van der Waals surface area (Å²) in [6.07, 6.45) is 2.21. The molecule has 0 saturated carbocycles. The van der Waals surface area contributed by atoms with E-state index in [1.54, 1.807) is 17.0 Å². The number of ether oxygens (including phenoxy) is 2. The monoisotopic (exact) mass is 379 g/mol. The van der Waals surface area contributed by atoms with Crippen molar-refractivity contribution < 1.29 is 14.3 Å². The molecule has 0 spiro atoms. The molecule has 0 saturated heterocycles. The van der Waals surface area contributed by atoms with Crippen LogP contribution < -0.4 is 19.9 Å². The van der Waals surface area contributed by atoms with Gasteiger partial charge in [0.1, 0.15) is 6.54 Å². The van der Waals surface area contributed by atoms with Crippen LogP contribution in [0.15, 0.2) is 47.5 Å². The first kappa shape index (κ1) is 18.0. The first-order valence-corrected chi connectivity index (χ1v) is 9.04. The number of hydrogen-bond acceptors (Lipinski definition) is 5. The third kappa shape index (κ3) is 2.89. The zero-order chi connectivity index (χ0) is 19.8. The van der Waals surface area contributed by atoms with E-state index in [-0.39, 0.29) is 24.1 Å². The van der Waals surface area contributed by atoms with Crippen LogP contribution in [0, 0.1) is 0 Å². The van der Waals surface area contributed by atoms with Gasteiger partial charge in [-0.1, -0.05) is 18.2 Å². The van der Waals surface area contributed by atoms with Gasteiger partial charge in [-0.2, -0.15) is 0 Å². The molecular formula is C21H21N3O4. The summed E-state index contributed by atoms with van der Waals surface area (Å²) in [5, 5.41) is 0.378. The normalized spacial score (nSPS) is 15.5. The average molecular weight is 379 g/mol. The van der Waals surface area contributed by atoms with Crippen LogP contribution in [0.5, 0.6) is 11.5 Å². The molecule has 7 nitrogen and oxygen atoms in total. The molecule has 2 aromatic carbocycles. The molecular weight excluding hydrogens is 358 g/mol. The number of nitrogens with zero attached hydrogens (tertiary/aromatic N) is 3. The molecule has 1 aliphatic heterocycles. The summed E-state index contributed by atoms with van der Waals surface area (Å²) in [5.74, 6) is 0.805. The van der Waals surface area contributed by atoms with Crippen molar-refractivity contribution in [3.8, 4) is 11.5 Å². The molecule has 0 fully saturated rings. The van der Waals surface area contributed by atoms with Crippen LogP contribution in [0.4, 0.5) is 5.69 Å². The number of carbonyl (C=O) groups excluding carboxylic acids is 1. The maximum atomic E-state index is 13.0. The quantitative estimate of drug-likeness (QED) is 0.696. The number of methoxy groups -OCH3 is 2. The third-order valence-corrected chi connectivity index (χ3v) is 5.11. The summed E-state index contributed by atoms with van der Waals surface area (Å²) in [7, 11) is 3.03. The van der Waals surface area contributed by atoms with Crippen molar-refractivity contribution in [1.82, 2.24) is 9.55 Å². The van der Waals surface area contributed by atoms with Crippen LogP contribution in [-0.4, -0.2) is 35.7 Å². The van der Waals surface area contributed by atoms with E-state index >= 15 is 0 Å². The van der Waals surface area contributed by atoms with Crippen LogP contribution in [-0.2, 0) is 17.8 Å². The van der Waals surface area contributed by atoms with E-state index in [9.17, 15) is 9.59 Å². The molecule has 0 aliphatic carbocycles. The first-order chi connectivity index (χ1) is 13.5. The lowest BCUT2D eigenvalue weighted by atomic mass is 10.1. The molecule has 1 atom stereocenters. The number of para-hydroxylation sites is 1. The molecule has 0 radical (unpaired) electrons. The number of hydrogen-bond donors (Lipinski definition) is 0. The van der Waals surface area contributed by atoms with Crippen molar-refractivity contribution in [2.24, 2.45) is 0 Å². The smallest absolute Gasteiger partial charge is 0.261 e. The van der Waals surface area contributed by atoms with E-state index < -0.39 is 0 Å². The minimum absolute atomic E-state index is 0.0540. The summed E-state index contributed by atoms with van der Waals surface area (Å²) >= 11 is 0. The number of fused-ring (bicyclic) bond motifs is 2. The van der Waals surface area contributed by atoms with Gasteiger partial charge in [0.25, 0.3) is 5.56 Å². The summed E-state index contributed by atoms with van der Waals surface area (Å²) in [5.41, 5.74) is 2.25. The second kappa shape index (κ2) is 6.99. The highest BCUT2D eigenvalue weighted by Crippen LogP contribution is 2.32. The van der Waals surface area contributed by atoms with Gasteiger partial charge in [-0.25, -0.2) is 4.98 Å². The summed E-state index contributed by atoms with van der Waals surface area (Å²) in [6.45, 7) is 1.94. The Morgan fingerprint density at radius 3 is 2.64 bits per heavy atom. The lowest BCUT2D eigenvalue weighted by Gasteiger charge is -2.23. The molecule has 144 valence electrons. The van der Waals surface area contributed by atoms with Crippen molar-refractivity contribution in [2.45, 2.75) is 25.9 Å². The maximum Gasteiger partial charge on any atom is 0.261 e. The van der Waals surface area contributed by atoms with Crippen LogP contribution in [0.25, 0.3) is 10.9 Å². The molecule has 0 unspecified atom stereocenters. The maximum absolute atomic E-state index is 13.0. The van der Waals surface area contributed by atoms with E-state index in [2.05, 4.69) is 4.98 Å². The van der Waals surface area contributed by atoms with Crippen LogP contribution in [0.2, 0.25) is 0 Å². The zero-order valence-corrected chi connectivity index (χ0v) is 16.0. The second-order valence-electron chi connectivity index (χ2n) is 6.85. The largest absolute Gasteiger partial charge is 0.493 e. The number of carbonyl (C=O) groups is 1. The minimum atomic E-state index is -0.292. The minimum Gasteiger partial charge on any atom is -0.493 e. The van der Waals surface area contributed by atoms with Gasteiger partial charge >= 0.3 is 0 Å². The molecule has 7 heteroatoms. The van der Waals surface area contributed by atoms with E-state index in [1.165, 1.54) is 25.1 Å². The lowest BCUT2D eigenvalue weighted by molar-refractivity contribution is -0.119. The Morgan fingerprint density at radius 2 is 1.89 bits per heavy atom. The van der Waals surface area contributed by atoms with Gasteiger partial charge < -0.3 is 14.4 Å². The Kier molecular flexibility index (Phi) is 4.50. The topological polar surface area (TPSA) is 73.7 Å². The SMILES string of the molecule is COc1cc2ncn(CC(=O)N3c4ccccc4C[C@@H]3C)c(=O)c2cc1OC. The van der Waals surface area contributed by atoms with Gasteiger partial charge in [-0.15, -0.1) is 0 Å². The fraction of sp³-hybridized carbons (Fsp3) is 0.286. The highest BCUT2D eigenvalue weighted by atomic mass is 16.5. The summed E-state index contributed by atoms with van der Waals surface area (Å²) < 4.78 is 11.9. The molecule has 3 aromatic rings. The van der Waals surface area contributed by atoms with Crippen LogP contribution >= 0.6 is 0 Å². The van der Waals surface area contributed by atoms with E-state index in [0.717, 1.165) is 17.7 Å². The Hall–Kier alpha value is -3.35. The van der Waals surface area contributed by atoms with Crippen LogP contribution in [0.3, 0.4) is 0 Å². The molecule has 28 heavy (non-hydrogen) atoms. The van der Waals surface area contributed by atoms with Crippen molar-refractivity contribution in [3.63, 3.8) is 0 Å². The van der Waals surface area contributed by atoms with E-state index in [1.807, 2.05) is 31.2 Å². The second-order valence-corrected chi connectivity index (χ2v) is 6.85. The van der Waals surface area contributed by atoms with Gasteiger partial charge in [-0.3, -0.25) is 14.2 Å². The fourth-order valence-corrected chi connectivity index (χ4v) is 3.77. The fourth-order valence-electron chi connectivity index (χ4n) is 3.77.